The Morgan fingerprint density at radius 3 is 2.94 bits per heavy atom. The Bertz CT molecular complexity index is 493. The molecule has 0 aliphatic rings. The van der Waals surface area contributed by atoms with Gasteiger partial charge in [0, 0.05) is 30.7 Å². The zero-order valence-corrected chi connectivity index (χ0v) is 11.3. The Balaban J connectivity index is 1.96. The molecular formula is C14H18ClN3. The smallest absolute Gasteiger partial charge is 0.0952 e. The summed E-state index contributed by atoms with van der Waals surface area (Å²) in [5.74, 6) is 0. The van der Waals surface area contributed by atoms with Gasteiger partial charge in [0.2, 0.25) is 0 Å². The van der Waals surface area contributed by atoms with Crippen molar-refractivity contribution in [2.75, 3.05) is 13.1 Å². The van der Waals surface area contributed by atoms with E-state index in [1.165, 1.54) is 0 Å². The van der Waals surface area contributed by atoms with Gasteiger partial charge >= 0.3 is 0 Å². The SMILES string of the molecule is CCNCCc1cn(Cc2ccccc2Cl)cn1. The lowest BCUT2D eigenvalue weighted by Gasteiger charge is -2.04. The van der Waals surface area contributed by atoms with Crippen LogP contribution in [0.2, 0.25) is 5.02 Å². The molecule has 0 saturated carbocycles. The number of nitrogens with zero attached hydrogens (tertiary/aromatic N) is 2. The van der Waals surface area contributed by atoms with Gasteiger partial charge < -0.3 is 9.88 Å². The molecule has 18 heavy (non-hydrogen) atoms. The van der Waals surface area contributed by atoms with Gasteiger partial charge in [0.1, 0.15) is 0 Å². The van der Waals surface area contributed by atoms with Crippen LogP contribution in [0.3, 0.4) is 0 Å². The third-order valence-corrected chi connectivity index (χ3v) is 3.17. The number of likely N-dealkylation sites (N-methyl/N-ethyl adjacent to an activating group) is 1. The molecule has 0 aliphatic heterocycles. The number of benzene rings is 1. The van der Waals surface area contributed by atoms with Gasteiger partial charge in [-0.2, -0.15) is 0 Å². The highest BCUT2D eigenvalue weighted by Gasteiger charge is 2.02. The molecule has 0 unspecified atom stereocenters. The van der Waals surface area contributed by atoms with Gasteiger partial charge in [-0.3, -0.25) is 0 Å². The first kappa shape index (κ1) is 13.1. The minimum atomic E-state index is 0.772. The van der Waals surface area contributed by atoms with Crippen LogP contribution in [-0.4, -0.2) is 22.6 Å². The van der Waals surface area contributed by atoms with E-state index >= 15 is 0 Å². The highest BCUT2D eigenvalue weighted by atomic mass is 35.5. The molecule has 4 heteroatoms. The predicted octanol–water partition coefficient (Wildman–Crippen LogP) is 2.74. The average molecular weight is 264 g/mol. The molecule has 3 nitrogen and oxygen atoms in total. The van der Waals surface area contributed by atoms with Crippen molar-refractivity contribution in [3.05, 3.63) is 53.1 Å². The van der Waals surface area contributed by atoms with Crippen molar-refractivity contribution in [2.24, 2.45) is 0 Å². The van der Waals surface area contributed by atoms with Crippen molar-refractivity contribution in [3.63, 3.8) is 0 Å². The molecule has 1 aromatic heterocycles. The molecule has 1 heterocycles. The maximum atomic E-state index is 6.14. The summed E-state index contributed by atoms with van der Waals surface area (Å²) in [5, 5.41) is 4.10. The van der Waals surface area contributed by atoms with E-state index in [4.69, 9.17) is 11.6 Å². The molecule has 0 fully saturated rings. The Labute approximate surface area is 113 Å². The normalized spacial score (nSPS) is 10.8. The fourth-order valence-corrected chi connectivity index (χ4v) is 2.03. The lowest BCUT2D eigenvalue weighted by atomic mass is 10.2. The standard InChI is InChI=1S/C14H18ClN3/c1-2-16-8-7-13-10-18(11-17-13)9-12-5-3-4-6-14(12)15/h3-6,10-11,16H,2,7-9H2,1H3. The minimum Gasteiger partial charge on any atom is -0.333 e. The van der Waals surface area contributed by atoms with Crippen LogP contribution in [0.4, 0.5) is 0 Å². The molecule has 1 aromatic carbocycles. The number of imidazole rings is 1. The van der Waals surface area contributed by atoms with Crippen molar-refractivity contribution in [2.45, 2.75) is 19.9 Å². The number of hydrogen-bond acceptors (Lipinski definition) is 2. The highest BCUT2D eigenvalue weighted by Crippen LogP contribution is 2.16. The summed E-state index contributed by atoms with van der Waals surface area (Å²) in [6.45, 7) is 4.85. The molecule has 0 radical (unpaired) electrons. The second-order valence-corrected chi connectivity index (χ2v) is 4.64. The van der Waals surface area contributed by atoms with E-state index in [1.807, 2.05) is 30.6 Å². The van der Waals surface area contributed by atoms with Crippen molar-refractivity contribution in [1.82, 2.24) is 14.9 Å². The largest absolute Gasteiger partial charge is 0.333 e. The third-order valence-electron chi connectivity index (χ3n) is 2.81. The van der Waals surface area contributed by atoms with E-state index in [0.29, 0.717) is 0 Å². The van der Waals surface area contributed by atoms with Crippen LogP contribution >= 0.6 is 11.6 Å². The van der Waals surface area contributed by atoms with E-state index in [-0.39, 0.29) is 0 Å². The molecule has 2 aromatic rings. The molecule has 2 rings (SSSR count). The van der Waals surface area contributed by atoms with Crippen molar-refractivity contribution < 1.29 is 0 Å². The first-order valence-corrected chi connectivity index (χ1v) is 6.62. The molecule has 0 spiro atoms. The van der Waals surface area contributed by atoms with E-state index in [9.17, 15) is 0 Å². The maximum Gasteiger partial charge on any atom is 0.0952 e. The topological polar surface area (TPSA) is 29.9 Å². The average Bonchev–Trinajstić information content (AvgIpc) is 2.80. The Morgan fingerprint density at radius 2 is 2.17 bits per heavy atom. The minimum absolute atomic E-state index is 0.772. The van der Waals surface area contributed by atoms with E-state index in [1.54, 1.807) is 0 Å². The van der Waals surface area contributed by atoms with Crippen LogP contribution in [0.15, 0.2) is 36.8 Å². The molecule has 96 valence electrons. The second-order valence-electron chi connectivity index (χ2n) is 4.23. The number of nitrogens with one attached hydrogen (secondary N) is 1. The molecule has 0 saturated heterocycles. The first-order valence-electron chi connectivity index (χ1n) is 6.24. The zero-order valence-electron chi connectivity index (χ0n) is 10.6. The molecular weight excluding hydrogens is 246 g/mol. The number of rotatable bonds is 6. The van der Waals surface area contributed by atoms with Gasteiger partial charge in [-0.25, -0.2) is 4.98 Å². The number of hydrogen-bond donors (Lipinski definition) is 1. The van der Waals surface area contributed by atoms with Crippen LogP contribution in [0, 0.1) is 0 Å². The Morgan fingerprint density at radius 1 is 1.33 bits per heavy atom. The summed E-state index contributed by atoms with van der Waals surface area (Å²) < 4.78 is 2.07. The summed E-state index contributed by atoms with van der Waals surface area (Å²) in [6, 6.07) is 7.91. The monoisotopic (exact) mass is 263 g/mol. The maximum absolute atomic E-state index is 6.14. The van der Waals surface area contributed by atoms with Gasteiger partial charge in [0.05, 0.1) is 12.0 Å². The fraction of sp³-hybridized carbons (Fsp3) is 0.357. The molecule has 1 N–H and O–H groups in total. The van der Waals surface area contributed by atoms with Crippen LogP contribution in [0.1, 0.15) is 18.2 Å². The van der Waals surface area contributed by atoms with Gasteiger partial charge in [-0.15, -0.1) is 0 Å². The van der Waals surface area contributed by atoms with E-state index < -0.39 is 0 Å². The van der Waals surface area contributed by atoms with Crippen molar-refractivity contribution >= 4 is 11.6 Å². The Kier molecular flexibility index (Phi) is 4.79. The summed E-state index contributed by atoms with van der Waals surface area (Å²) >= 11 is 6.14. The van der Waals surface area contributed by atoms with E-state index in [0.717, 1.165) is 42.3 Å². The zero-order chi connectivity index (χ0) is 12.8. The quantitative estimate of drug-likeness (QED) is 0.813. The van der Waals surface area contributed by atoms with Gasteiger partial charge in [0.15, 0.2) is 0 Å². The van der Waals surface area contributed by atoms with Gasteiger partial charge in [0.25, 0.3) is 0 Å². The van der Waals surface area contributed by atoms with Gasteiger partial charge in [-0.1, -0.05) is 36.7 Å². The Hall–Kier alpha value is -1.32. The second kappa shape index (κ2) is 6.57. The van der Waals surface area contributed by atoms with Crippen LogP contribution in [0.5, 0.6) is 0 Å². The molecule has 0 aliphatic carbocycles. The number of halogens is 1. The summed E-state index contributed by atoms with van der Waals surface area (Å²) in [5.41, 5.74) is 2.23. The van der Waals surface area contributed by atoms with Crippen LogP contribution in [0.25, 0.3) is 0 Å². The number of aromatic nitrogens is 2. The third kappa shape index (κ3) is 3.59. The van der Waals surface area contributed by atoms with E-state index in [2.05, 4.69) is 28.0 Å². The molecule has 0 atom stereocenters. The predicted molar refractivity (Wildman–Crippen MR) is 75.0 cm³/mol. The lowest BCUT2D eigenvalue weighted by Crippen LogP contribution is -2.16. The van der Waals surface area contributed by atoms with Crippen LogP contribution in [-0.2, 0) is 13.0 Å². The summed E-state index contributed by atoms with van der Waals surface area (Å²) in [4.78, 5) is 4.39. The summed E-state index contributed by atoms with van der Waals surface area (Å²) in [7, 11) is 0. The summed E-state index contributed by atoms with van der Waals surface area (Å²) in [6.07, 6.45) is 4.91. The first-order chi connectivity index (χ1) is 8.79. The molecule has 0 bridgehead atoms. The fourth-order valence-electron chi connectivity index (χ4n) is 1.84. The lowest BCUT2D eigenvalue weighted by molar-refractivity contribution is 0.708. The highest BCUT2D eigenvalue weighted by molar-refractivity contribution is 6.31. The van der Waals surface area contributed by atoms with Gasteiger partial charge in [-0.05, 0) is 18.2 Å². The van der Waals surface area contributed by atoms with Crippen LogP contribution < -0.4 is 5.32 Å². The van der Waals surface area contributed by atoms with Crippen molar-refractivity contribution in [3.8, 4) is 0 Å². The van der Waals surface area contributed by atoms with Crippen molar-refractivity contribution in [1.29, 1.82) is 0 Å². The molecule has 0 amide bonds.